The van der Waals surface area contributed by atoms with Gasteiger partial charge in [-0.15, -0.1) is 0 Å². The quantitative estimate of drug-likeness (QED) is 0.279. The predicted molar refractivity (Wildman–Crippen MR) is 94.7 cm³/mol. The first kappa shape index (κ1) is 16.5. The number of carboxylic acids is 2. The molecule has 1 aromatic carbocycles. The van der Waals surface area contributed by atoms with E-state index in [-0.39, 0.29) is 37.0 Å². The fourth-order valence-electron chi connectivity index (χ4n) is 3.79. The third kappa shape index (κ3) is 4.16. The van der Waals surface area contributed by atoms with E-state index in [1.54, 1.807) is 17.0 Å². The van der Waals surface area contributed by atoms with Gasteiger partial charge in [-0.25, -0.2) is 9.59 Å². The van der Waals surface area contributed by atoms with Crippen molar-refractivity contribution in [2.45, 2.75) is 49.2 Å². The van der Waals surface area contributed by atoms with Gasteiger partial charge < -0.3 is 24.8 Å². The summed E-state index contributed by atoms with van der Waals surface area (Å²) in [5, 5.41) is 24.4. The minimum absolute atomic E-state index is 0.0584. The zero-order valence-corrected chi connectivity index (χ0v) is 14.8. The molecule has 0 saturated carbocycles. The van der Waals surface area contributed by atoms with Crippen molar-refractivity contribution in [1.82, 2.24) is 4.90 Å². The van der Waals surface area contributed by atoms with Crippen molar-refractivity contribution in [3.63, 3.8) is 0 Å². The van der Waals surface area contributed by atoms with Crippen LogP contribution >= 0.6 is 0 Å². The maximum absolute atomic E-state index is 12.5. The van der Waals surface area contributed by atoms with Gasteiger partial charge in [-0.2, -0.15) is 0 Å². The topological polar surface area (TPSA) is 137 Å². The SMILES string of the molecule is O=C(O)C(=O)O.[2H][13C]([2H])([2H])N1C2CC(OC(=O)[C@H](CO)c3ccccc3)CC1[C@@H]1OC21. The number of ether oxygens (including phenoxy) is 2. The van der Waals surface area contributed by atoms with Crippen LogP contribution in [-0.4, -0.2) is 82.1 Å². The maximum Gasteiger partial charge on any atom is 0.414 e. The molecule has 3 saturated heterocycles. The molecule has 6 atom stereocenters. The molecule has 3 N–H and O–H groups in total. The maximum atomic E-state index is 12.5. The number of morpholine rings is 1. The molecule has 3 fully saturated rings. The number of epoxide rings is 1. The van der Waals surface area contributed by atoms with Crippen LogP contribution in [0.3, 0.4) is 0 Å². The van der Waals surface area contributed by atoms with Crippen molar-refractivity contribution >= 4 is 17.9 Å². The molecule has 0 aliphatic carbocycles. The summed E-state index contributed by atoms with van der Waals surface area (Å²) in [6.45, 7) is -2.48. The van der Waals surface area contributed by atoms with E-state index < -0.39 is 30.8 Å². The van der Waals surface area contributed by atoms with Crippen molar-refractivity contribution in [3.8, 4) is 0 Å². The van der Waals surface area contributed by atoms with Crippen LogP contribution in [0.2, 0.25) is 0 Å². The number of benzene rings is 1. The number of aliphatic hydroxyl groups is 1. The van der Waals surface area contributed by atoms with Crippen molar-refractivity contribution in [1.29, 1.82) is 0 Å². The lowest BCUT2D eigenvalue weighted by molar-refractivity contribution is -0.159. The van der Waals surface area contributed by atoms with Crippen LogP contribution < -0.4 is 0 Å². The fourth-order valence-corrected chi connectivity index (χ4v) is 3.79. The monoisotopic (exact) mass is 397 g/mol. The number of carboxylic acid groups (broad SMARTS) is 2. The Kier molecular flexibility index (Phi) is 4.85. The highest BCUT2D eigenvalue weighted by atomic mass is 16.6. The molecule has 28 heavy (non-hydrogen) atoms. The fraction of sp³-hybridized carbons (Fsp3) is 0.526. The number of piperidine rings is 1. The zero-order chi connectivity index (χ0) is 22.9. The van der Waals surface area contributed by atoms with Crippen molar-refractivity contribution < 1.29 is 43.3 Å². The van der Waals surface area contributed by atoms with E-state index >= 15 is 0 Å². The third-order valence-corrected chi connectivity index (χ3v) is 5.18. The lowest BCUT2D eigenvalue weighted by Crippen LogP contribution is -2.48. The van der Waals surface area contributed by atoms with E-state index in [9.17, 15) is 9.90 Å². The zero-order valence-electron chi connectivity index (χ0n) is 17.8. The molecule has 3 aliphatic rings. The number of rotatable bonds is 4. The van der Waals surface area contributed by atoms with Crippen molar-refractivity contribution in [3.05, 3.63) is 35.9 Å². The second kappa shape index (κ2) is 8.26. The number of hydrogen-bond acceptors (Lipinski definition) is 7. The molecule has 2 bridgehead atoms. The van der Waals surface area contributed by atoms with Crippen LogP contribution in [0.5, 0.6) is 0 Å². The molecule has 9 heteroatoms. The summed E-state index contributed by atoms with van der Waals surface area (Å²) in [4.78, 5) is 32.3. The summed E-state index contributed by atoms with van der Waals surface area (Å²) in [6.07, 6.45) is 0.452. The number of carbonyl (C=O) groups is 3. The number of nitrogens with zero attached hydrogens (tertiary/aromatic N) is 1. The molecule has 3 aliphatic heterocycles. The summed E-state index contributed by atoms with van der Waals surface area (Å²) in [7, 11) is 0. The van der Waals surface area contributed by atoms with E-state index in [0.29, 0.717) is 18.4 Å². The number of likely N-dealkylation sites (N-methyl/N-ethyl adjacent to an activating group) is 1. The highest BCUT2D eigenvalue weighted by Gasteiger charge is 2.62. The molecule has 9 nitrogen and oxygen atoms in total. The Hall–Kier alpha value is -2.49. The first-order valence-corrected chi connectivity index (χ1v) is 8.81. The van der Waals surface area contributed by atoms with Gasteiger partial charge in [0.15, 0.2) is 0 Å². The van der Waals surface area contributed by atoms with Crippen LogP contribution in [0.4, 0.5) is 0 Å². The van der Waals surface area contributed by atoms with E-state index in [1.807, 2.05) is 18.2 Å². The Labute approximate surface area is 165 Å². The van der Waals surface area contributed by atoms with Gasteiger partial charge >= 0.3 is 17.9 Å². The van der Waals surface area contributed by atoms with E-state index in [1.165, 1.54) is 0 Å². The molecule has 1 aromatic rings. The smallest absolute Gasteiger partial charge is 0.414 e. The number of aliphatic hydroxyl groups excluding tert-OH is 1. The number of hydrogen-bond donors (Lipinski definition) is 3. The predicted octanol–water partition coefficient (Wildman–Crippen LogP) is 0.0737. The van der Waals surface area contributed by atoms with E-state index in [0.717, 1.165) is 0 Å². The summed E-state index contributed by atoms with van der Waals surface area (Å²) < 4.78 is 34.4. The number of fused-ring (bicyclic) bond motifs is 5. The highest BCUT2D eigenvalue weighted by molar-refractivity contribution is 6.27. The largest absolute Gasteiger partial charge is 0.473 e. The minimum atomic E-state index is -2.15. The van der Waals surface area contributed by atoms with Crippen LogP contribution in [0.15, 0.2) is 30.3 Å². The average molecular weight is 397 g/mol. The summed E-state index contributed by atoms with van der Waals surface area (Å²) in [5.74, 6) is -4.83. The Balaban J connectivity index is 0.000000401. The van der Waals surface area contributed by atoms with Gasteiger partial charge in [-0.05, 0) is 12.5 Å². The molecule has 4 rings (SSSR count). The Morgan fingerprint density at radius 1 is 1.18 bits per heavy atom. The third-order valence-electron chi connectivity index (χ3n) is 5.18. The summed E-state index contributed by atoms with van der Waals surface area (Å²) >= 11 is 0. The van der Waals surface area contributed by atoms with Crippen LogP contribution in [-0.2, 0) is 23.9 Å². The first-order valence-electron chi connectivity index (χ1n) is 10.3. The highest BCUT2D eigenvalue weighted by Crippen LogP contribution is 2.48. The summed E-state index contributed by atoms with van der Waals surface area (Å²) in [6, 6.07) is 8.56. The molecule has 152 valence electrons. The van der Waals surface area contributed by atoms with Crippen molar-refractivity contribution in [2.75, 3.05) is 13.6 Å². The van der Waals surface area contributed by atoms with Gasteiger partial charge in [0.1, 0.15) is 24.2 Å². The average Bonchev–Trinajstić information content (AvgIpc) is 3.45. The van der Waals surface area contributed by atoms with Gasteiger partial charge in [0.2, 0.25) is 0 Å². The lowest BCUT2D eigenvalue weighted by Gasteiger charge is -2.38. The van der Waals surface area contributed by atoms with E-state index in [4.69, 9.17) is 33.4 Å². The molecule has 0 amide bonds. The van der Waals surface area contributed by atoms with Gasteiger partial charge in [-0.1, -0.05) is 30.3 Å². The van der Waals surface area contributed by atoms with Crippen molar-refractivity contribution in [2.24, 2.45) is 0 Å². The molecule has 0 spiro atoms. The van der Waals surface area contributed by atoms with Gasteiger partial charge in [0.25, 0.3) is 0 Å². The molecule has 4 unspecified atom stereocenters. The van der Waals surface area contributed by atoms with Gasteiger partial charge in [0.05, 0.1) is 6.61 Å². The molecular formula is C19H23NO8. The van der Waals surface area contributed by atoms with Gasteiger partial charge in [0, 0.05) is 29.0 Å². The Bertz CT molecular complexity index is 803. The molecule has 0 aromatic heterocycles. The van der Waals surface area contributed by atoms with Crippen LogP contribution in [0.1, 0.15) is 28.4 Å². The second-order valence-corrected chi connectivity index (χ2v) is 6.89. The lowest BCUT2D eigenvalue weighted by atomic mass is 9.98. The number of aliphatic carboxylic acids is 2. The minimum Gasteiger partial charge on any atom is -0.473 e. The van der Waals surface area contributed by atoms with Gasteiger partial charge in [-0.3, -0.25) is 9.69 Å². The standard InChI is InChI=1S/C17H21NO4.C2H2O4/c1-18-13-7-11(8-14(18)16-15(13)22-16)21-17(20)12(9-19)10-5-3-2-4-6-10;3-1(4)2(5)6/h2-6,11-16,19H,7-9H2,1H3;(H,3,4)(H,5,6)/t11?,12-,13?,14?,15+,16?;/m1./s1/i1+1D3;. The van der Waals surface area contributed by atoms with Crippen LogP contribution in [0.25, 0.3) is 0 Å². The second-order valence-electron chi connectivity index (χ2n) is 6.89. The summed E-state index contributed by atoms with van der Waals surface area (Å²) in [5.41, 5.74) is 0.712. The molecule has 3 heterocycles. The molecular weight excluding hydrogens is 371 g/mol. The first-order chi connectivity index (χ1) is 14.5. The number of esters is 1. The molecule has 0 radical (unpaired) electrons. The Morgan fingerprint density at radius 2 is 1.75 bits per heavy atom. The van der Waals surface area contributed by atoms with Crippen LogP contribution in [0, 0.1) is 0 Å². The number of carbonyl (C=O) groups excluding carboxylic acids is 1. The normalized spacial score (nSPS) is 33.0. The Morgan fingerprint density at radius 3 is 2.21 bits per heavy atom. The van der Waals surface area contributed by atoms with E-state index in [2.05, 4.69) is 0 Å².